The highest BCUT2D eigenvalue weighted by molar-refractivity contribution is 7.92. The zero-order valence-corrected chi connectivity index (χ0v) is 22.5. The van der Waals surface area contributed by atoms with Gasteiger partial charge in [0.1, 0.15) is 12.6 Å². The summed E-state index contributed by atoms with van der Waals surface area (Å²) >= 11 is 0. The molecule has 0 saturated carbocycles. The van der Waals surface area contributed by atoms with Gasteiger partial charge in [0.2, 0.25) is 21.8 Å². The van der Waals surface area contributed by atoms with Gasteiger partial charge < -0.3 is 10.2 Å². The van der Waals surface area contributed by atoms with Crippen LogP contribution in [0.2, 0.25) is 0 Å². The van der Waals surface area contributed by atoms with Crippen molar-refractivity contribution in [2.75, 3.05) is 17.1 Å². The number of rotatable bonds is 12. The van der Waals surface area contributed by atoms with Crippen molar-refractivity contribution in [3.8, 4) is 0 Å². The van der Waals surface area contributed by atoms with E-state index in [2.05, 4.69) is 19.2 Å². The Morgan fingerprint density at radius 3 is 2.00 bits per heavy atom. The summed E-state index contributed by atoms with van der Waals surface area (Å²) in [6, 6.07) is 15.8. The smallest absolute Gasteiger partial charge is 0.244 e. The van der Waals surface area contributed by atoms with Crippen LogP contribution in [0, 0.1) is 0 Å². The van der Waals surface area contributed by atoms with E-state index in [9.17, 15) is 18.0 Å². The number of carbonyl (C=O) groups is 2. The molecule has 0 aliphatic heterocycles. The first-order valence-corrected chi connectivity index (χ1v) is 14.0. The van der Waals surface area contributed by atoms with Gasteiger partial charge in [-0.05, 0) is 48.9 Å². The Kier molecular flexibility index (Phi) is 10.3. The van der Waals surface area contributed by atoms with Crippen molar-refractivity contribution in [2.24, 2.45) is 0 Å². The van der Waals surface area contributed by atoms with Crippen molar-refractivity contribution in [2.45, 2.75) is 72.0 Å². The Balaban J connectivity index is 2.40. The minimum atomic E-state index is -3.74. The van der Waals surface area contributed by atoms with E-state index in [1.165, 1.54) is 4.90 Å². The maximum absolute atomic E-state index is 13.7. The summed E-state index contributed by atoms with van der Waals surface area (Å²) in [5.41, 5.74) is 2.36. The van der Waals surface area contributed by atoms with Crippen molar-refractivity contribution >= 4 is 27.5 Å². The summed E-state index contributed by atoms with van der Waals surface area (Å²) in [6.07, 6.45) is 2.26. The molecule has 0 saturated heterocycles. The fraction of sp³-hybridized carbons (Fsp3) is 0.481. The summed E-state index contributed by atoms with van der Waals surface area (Å²) < 4.78 is 26.5. The third-order valence-corrected chi connectivity index (χ3v) is 7.25. The Morgan fingerprint density at radius 2 is 1.51 bits per heavy atom. The van der Waals surface area contributed by atoms with Crippen LogP contribution < -0.4 is 9.62 Å². The molecule has 0 fully saturated rings. The van der Waals surface area contributed by atoms with E-state index in [0.29, 0.717) is 18.0 Å². The van der Waals surface area contributed by atoms with Crippen LogP contribution in [0.1, 0.15) is 64.5 Å². The quantitative estimate of drug-likeness (QED) is 0.470. The molecule has 0 heterocycles. The van der Waals surface area contributed by atoms with Crippen molar-refractivity contribution in [1.29, 1.82) is 0 Å². The van der Waals surface area contributed by atoms with E-state index in [1.807, 2.05) is 63.2 Å². The highest BCUT2D eigenvalue weighted by Gasteiger charge is 2.32. The van der Waals surface area contributed by atoms with E-state index in [-0.39, 0.29) is 25.0 Å². The normalized spacial score (nSPS) is 13.2. The Hall–Kier alpha value is -2.87. The molecule has 2 atom stereocenters. The van der Waals surface area contributed by atoms with E-state index < -0.39 is 22.0 Å². The molecule has 2 aromatic rings. The lowest BCUT2D eigenvalue weighted by atomic mass is 10.0. The lowest BCUT2D eigenvalue weighted by Crippen LogP contribution is -2.53. The fourth-order valence-electron chi connectivity index (χ4n) is 3.78. The molecule has 2 aromatic carbocycles. The summed E-state index contributed by atoms with van der Waals surface area (Å²) in [6.45, 7) is 9.68. The van der Waals surface area contributed by atoms with Crippen molar-refractivity contribution in [1.82, 2.24) is 10.2 Å². The second kappa shape index (κ2) is 12.7. The topological polar surface area (TPSA) is 86.8 Å². The first-order chi connectivity index (χ1) is 16.5. The molecule has 1 N–H and O–H groups in total. The largest absolute Gasteiger partial charge is 0.352 e. The number of amides is 2. The first kappa shape index (κ1) is 28.4. The van der Waals surface area contributed by atoms with Gasteiger partial charge in [-0.1, -0.05) is 70.2 Å². The molecule has 2 rings (SSSR count). The SMILES string of the molecule is CC[C@H](C)NC(=O)[C@H](CC)N(Cc1ccccc1)C(=O)CN(c1ccc(C(C)C)cc1)S(C)(=O)=O. The molecule has 0 unspecified atom stereocenters. The van der Waals surface area contributed by atoms with Crippen LogP contribution in [0.25, 0.3) is 0 Å². The number of nitrogens with zero attached hydrogens (tertiary/aromatic N) is 2. The molecular formula is C27H39N3O4S. The molecule has 7 nitrogen and oxygen atoms in total. The summed E-state index contributed by atoms with van der Waals surface area (Å²) in [7, 11) is -3.74. The van der Waals surface area contributed by atoms with Gasteiger partial charge in [-0.2, -0.15) is 0 Å². The van der Waals surface area contributed by atoms with Gasteiger partial charge in [-0.3, -0.25) is 13.9 Å². The summed E-state index contributed by atoms with van der Waals surface area (Å²) in [4.78, 5) is 28.2. The van der Waals surface area contributed by atoms with Gasteiger partial charge >= 0.3 is 0 Å². The molecule has 0 bridgehead atoms. The van der Waals surface area contributed by atoms with Gasteiger partial charge in [0.25, 0.3) is 0 Å². The Bertz CT molecular complexity index is 1070. The molecule has 8 heteroatoms. The van der Waals surface area contributed by atoms with Gasteiger partial charge in [0.05, 0.1) is 11.9 Å². The number of sulfonamides is 1. The average Bonchev–Trinajstić information content (AvgIpc) is 2.82. The molecule has 192 valence electrons. The van der Waals surface area contributed by atoms with E-state index >= 15 is 0 Å². The highest BCUT2D eigenvalue weighted by Crippen LogP contribution is 2.23. The van der Waals surface area contributed by atoms with Crippen LogP contribution in [0.5, 0.6) is 0 Å². The minimum Gasteiger partial charge on any atom is -0.352 e. The van der Waals surface area contributed by atoms with Crippen LogP contribution in [-0.2, 0) is 26.2 Å². The maximum Gasteiger partial charge on any atom is 0.244 e. The minimum absolute atomic E-state index is 0.0304. The monoisotopic (exact) mass is 501 g/mol. The zero-order valence-electron chi connectivity index (χ0n) is 21.7. The fourth-order valence-corrected chi connectivity index (χ4v) is 4.63. The molecule has 0 radical (unpaired) electrons. The van der Waals surface area contributed by atoms with Gasteiger partial charge in [0.15, 0.2) is 0 Å². The highest BCUT2D eigenvalue weighted by atomic mass is 32.2. The molecule has 35 heavy (non-hydrogen) atoms. The number of hydrogen-bond donors (Lipinski definition) is 1. The number of nitrogens with one attached hydrogen (secondary N) is 1. The van der Waals surface area contributed by atoms with Crippen LogP contribution in [0.3, 0.4) is 0 Å². The summed E-state index contributed by atoms with van der Waals surface area (Å²) in [5.74, 6) is -0.371. The number of benzene rings is 2. The van der Waals surface area contributed by atoms with Gasteiger partial charge in [0, 0.05) is 12.6 Å². The number of anilines is 1. The van der Waals surface area contributed by atoms with E-state index in [4.69, 9.17) is 0 Å². The predicted octanol–water partition coefficient (Wildman–Crippen LogP) is 4.30. The standard InChI is InChI=1S/C27H39N3O4S/c1-7-21(5)28-27(32)25(8-2)29(18-22-12-10-9-11-13-22)26(31)19-30(35(6,33)34)24-16-14-23(15-17-24)20(3)4/h9-17,20-21,25H,7-8,18-19H2,1-6H3,(H,28,32)/t21-,25-/m0/s1. The van der Waals surface area contributed by atoms with E-state index in [0.717, 1.165) is 28.1 Å². The Labute approximate surface area is 210 Å². The molecule has 0 aliphatic rings. The van der Waals surface area contributed by atoms with E-state index in [1.54, 1.807) is 12.1 Å². The lowest BCUT2D eigenvalue weighted by Gasteiger charge is -2.33. The van der Waals surface area contributed by atoms with Crippen molar-refractivity contribution in [3.63, 3.8) is 0 Å². The van der Waals surface area contributed by atoms with Gasteiger partial charge in [-0.25, -0.2) is 8.42 Å². The third-order valence-electron chi connectivity index (χ3n) is 6.11. The van der Waals surface area contributed by atoms with Crippen LogP contribution in [-0.4, -0.2) is 50.0 Å². The first-order valence-electron chi connectivity index (χ1n) is 12.2. The molecule has 0 aromatic heterocycles. The summed E-state index contributed by atoms with van der Waals surface area (Å²) in [5, 5.41) is 2.97. The second-order valence-electron chi connectivity index (χ2n) is 9.27. The molecule has 2 amide bonds. The third kappa shape index (κ3) is 8.09. The van der Waals surface area contributed by atoms with Crippen molar-refractivity contribution < 1.29 is 18.0 Å². The van der Waals surface area contributed by atoms with Crippen LogP contribution in [0.4, 0.5) is 5.69 Å². The molecule has 0 spiro atoms. The average molecular weight is 502 g/mol. The predicted molar refractivity (Wildman–Crippen MR) is 142 cm³/mol. The second-order valence-corrected chi connectivity index (χ2v) is 11.2. The zero-order chi connectivity index (χ0) is 26.2. The van der Waals surface area contributed by atoms with Crippen LogP contribution in [0.15, 0.2) is 54.6 Å². The van der Waals surface area contributed by atoms with Gasteiger partial charge in [-0.15, -0.1) is 0 Å². The number of carbonyl (C=O) groups excluding carboxylic acids is 2. The van der Waals surface area contributed by atoms with Crippen LogP contribution >= 0.6 is 0 Å². The lowest BCUT2D eigenvalue weighted by molar-refractivity contribution is -0.140. The maximum atomic E-state index is 13.7. The van der Waals surface area contributed by atoms with Crippen molar-refractivity contribution in [3.05, 3.63) is 65.7 Å². The molecular weight excluding hydrogens is 462 g/mol. The molecule has 0 aliphatic carbocycles. The number of hydrogen-bond acceptors (Lipinski definition) is 4. The Morgan fingerprint density at radius 1 is 0.914 bits per heavy atom.